The molecular formula is C34H40ClNO4. The molecule has 1 heterocycles. The highest BCUT2D eigenvalue weighted by Crippen LogP contribution is 2.71. The summed E-state index contributed by atoms with van der Waals surface area (Å²) in [6.07, 6.45) is 2.92. The smallest absolute Gasteiger partial charge is 0.163 e. The first kappa shape index (κ1) is 27.6. The Hall–Kier alpha value is -2.57. The quantitative estimate of drug-likeness (QED) is 0.275. The van der Waals surface area contributed by atoms with E-state index in [-0.39, 0.29) is 24.4 Å². The van der Waals surface area contributed by atoms with Crippen LogP contribution in [0, 0.1) is 22.7 Å². The van der Waals surface area contributed by atoms with E-state index in [2.05, 4.69) is 20.8 Å². The van der Waals surface area contributed by atoms with E-state index < -0.39 is 6.10 Å². The predicted octanol–water partition coefficient (Wildman–Crippen LogP) is 7.70. The van der Waals surface area contributed by atoms with Crippen molar-refractivity contribution in [2.75, 3.05) is 6.54 Å². The molecule has 2 saturated carbocycles. The highest BCUT2D eigenvalue weighted by molar-refractivity contribution is 6.31. The maximum atomic E-state index is 6.86. The molecular weight excluding hydrogens is 522 g/mol. The van der Waals surface area contributed by atoms with Crippen LogP contribution >= 0.6 is 11.6 Å². The number of fused-ring (bicyclic) bond motifs is 5. The molecule has 1 aliphatic heterocycles. The standard InChI is InChI=1S/C34H40ClNO4/c1-33(2)26-14-15-34(33,3)32-24(26)17-31(40-32)39-30(19-36)25-16-28(37-20-22-10-6-4-7-11-22)29(18-27(25)35)38-21-23-12-8-5-9-13-23/h4-13,16,18,24,26,30-32H,14-15,17,19-21,36H2,1-3H3/t24-,26-,30+,31-,32-,34+/m1/s1. The van der Waals surface area contributed by atoms with Gasteiger partial charge in [0, 0.05) is 24.6 Å². The van der Waals surface area contributed by atoms with E-state index in [1.807, 2.05) is 72.8 Å². The summed E-state index contributed by atoms with van der Waals surface area (Å²) < 4.78 is 25.7. The molecule has 5 nitrogen and oxygen atoms in total. The number of hydrogen-bond donors (Lipinski definition) is 1. The van der Waals surface area contributed by atoms with Gasteiger partial charge < -0.3 is 24.7 Å². The highest BCUT2D eigenvalue weighted by Gasteiger charge is 2.69. The molecule has 212 valence electrons. The molecule has 6 heteroatoms. The second-order valence-electron chi connectivity index (χ2n) is 12.4. The Balaban J connectivity index is 1.22. The van der Waals surface area contributed by atoms with E-state index in [0.29, 0.717) is 47.0 Å². The summed E-state index contributed by atoms with van der Waals surface area (Å²) in [6, 6.07) is 23.9. The Bertz CT molecular complexity index is 1320. The van der Waals surface area contributed by atoms with Gasteiger partial charge in [0.05, 0.1) is 17.2 Å². The van der Waals surface area contributed by atoms with E-state index in [9.17, 15) is 0 Å². The van der Waals surface area contributed by atoms with Crippen molar-refractivity contribution in [1.29, 1.82) is 0 Å². The average Bonchev–Trinajstić information content (AvgIpc) is 3.54. The number of nitrogens with two attached hydrogens (primary N) is 1. The van der Waals surface area contributed by atoms with Crippen molar-refractivity contribution in [2.24, 2.45) is 28.4 Å². The largest absolute Gasteiger partial charge is 0.485 e. The lowest BCUT2D eigenvalue weighted by Crippen LogP contribution is -2.38. The molecule has 0 unspecified atom stereocenters. The summed E-state index contributed by atoms with van der Waals surface area (Å²) in [5, 5.41) is 0.539. The number of ether oxygens (including phenoxy) is 4. The van der Waals surface area contributed by atoms with Gasteiger partial charge in [0.1, 0.15) is 13.2 Å². The topological polar surface area (TPSA) is 62.9 Å². The average molecular weight is 562 g/mol. The Morgan fingerprint density at radius 1 is 0.925 bits per heavy atom. The van der Waals surface area contributed by atoms with Crippen LogP contribution in [0.15, 0.2) is 72.8 Å². The lowest BCUT2D eigenvalue weighted by molar-refractivity contribution is -0.185. The fourth-order valence-electron chi connectivity index (χ4n) is 7.50. The summed E-state index contributed by atoms with van der Waals surface area (Å²) in [6.45, 7) is 8.34. The molecule has 3 aromatic carbocycles. The molecule has 40 heavy (non-hydrogen) atoms. The molecule has 0 amide bonds. The Kier molecular flexibility index (Phi) is 7.60. The summed E-state index contributed by atoms with van der Waals surface area (Å²) in [7, 11) is 0. The zero-order valence-corrected chi connectivity index (χ0v) is 24.4. The van der Waals surface area contributed by atoms with Crippen molar-refractivity contribution in [1.82, 2.24) is 0 Å². The molecule has 0 radical (unpaired) electrons. The Morgan fingerprint density at radius 2 is 1.52 bits per heavy atom. The fraction of sp³-hybridized carbons (Fsp3) is 0.471. The molecule has 6 atom stereocenters. The molecule has 2 N–H and O–H groups in total. The molecule has 3 fully saturated rings. The van der Waals surface area contributed by atoms with E-state index in [1.165, 1.54) is 12.8 Å². The maximum Gasteiger partial charge on any atom is 0.163 e. The minimum atomic E-state index is -0.419. The van der Waals surface area contributed by atoms with Crippen LogP contribution in [0.4, 0.5) is 0 Å². The molecule has 0 spiro atoms. The molecule has 1 saturated heterocycles. The summed E-state index contributed by atoms with van der Waals surface area (Å²) in [4.78, 5) is 0. The van der Waals surface area contributed by atoms with Gasteiger partial charge in [-0.3, -0.25) is 0 Å². The first-order chi connectivity index (χ1) is 19.3. The highest BCUT2D eigenvalue weighted by atomic mass is 35.5. The number of hydrogen-bond acceptors (Lipinski definition) is 5. The van der Waals surface area contributed by atoms with Gasteiger partial charge in [0.25, 0.3) is 0 Å². The fourth-order valence-corrected chi connectivity index (χ4v) is 7.78. The van der Waals surface area contributed by atoms with Gasteiger partial charge in [-0.05, 0) is 52.7 Å². The molecule has 2 aliphatic carbocycles. The van der Waals surface area contributed by atoms with Crippen LogP contribution in [0.3, 0.4) is 0 Å². The van der Waals surface area contributed by atoms with Gasteiger partial charge in [-0.15, -0.1) is 0 Å². The van der Waals surface area contributed by atoms with Crippen LogP contribution in [0.2, 0.25) is 5.02 Å². The van der Waals surface area contributed by atoms with Crippen molar-refractivity contribution >= 4 is 11.6 Å². The van der Waals surface area contributed by atoms with E-state index in [0.717, 1.165) is 23.1 Å². The second-order valence-corrected chi connectivity index (χ2v) is 12.8. The van der Waals surface area contributed by atoms with Gasteiger partial charge in [-0.1, -0.05) is 93.0 Å². The normalized spacial score (nSPS) is 28.8. The molecule has 2 bridgehead atoms. The van der Waals surface area contributed by atoms with Crippen LogP contribution in [0.5, 0.6) is 11.5 Å². The molecule has 6 rings (SSSR count). The molecule has 3 aromatic rings. The zero-order chi connectivity index (χ0) is 27.9. The van der Waals surface area contributed by atoms with Crippen molar-refractivity contribution in [3.05, 3.63) is 94.5 Å². The first-order valence-corrected chi connectivity index (χ1v) is 14.9. The number of benzene rings is 3. The van der Waals surface area contributed by atoms with Gasteiger partial charge in [-0.25, -0.2) is 0 Å². The summed E-state index contributed by atoms with van der Waals surface area (Å²) >= 11 is 6.86. The zero-order valence-electron chi connectivity index (χ0n) is 23.6. The van der Waals surface area contributed by atoms with E-state index in [4.69, 9.17) is 36.3 Å². The maximum absolute atomic E-state index is 6.86. The number of rotatable bonds is 10. The van der Waals surface area contributed by atoms with Crippen LogP contribution in [-0.2, 0) is 22.7 Å². The van der Waals surface area contributed by atoms with Crippen LogP contribution in [0.25, 0.3) is 0 Å². The Labute approximate surface area is 242 Å². The van der Waals surface area contributed by atoms with Crippen molar-refractivity contribution in [2.45, 2.75) is 71.7 Å². The van der Waals surface area contributed by atoms with Gasteiger partial charge in [0.2, 0.25) is 0 Å². The third-order valence-corrected chi connectivity index (χ3v) is 10.4. The molecule has 3 aliphatic rings. The predicted molar refractivity (Wildman–Crippen MR) is 157 cm³/mol. The van der Waals surface area contributed by atoms with Crippen LogP contribution in [-0.4, -0.2) is 18.9 Å². The third kappa shape index (κ3) is 4.92. The SMILES string of the molecule is CC1(C)[C@@H]2CC[C@@]1(C)[C@@H]1O[C@@H](O[C@@H](CN)c3cc(OCc4ccccc4)c(OCc4ccccc4)cc3Cl)C[C@H]21. The summed E-state index contributed by atoms with van der Waals surface area (Å²) in [5.74, 6) is 2.40. The van der Waals surface area contributed by atoms with Crippen LogP contribution in [0.1, 0.15) is 62.8 Å². The monoisotopic (exact) mass is 561 g/mol. The Morgan fingerprint density at radius 3 is 2.10 bits per heavy atom. The second kappa shape index (κ2) is 11.0. The molecule has 0 aromatic heterocycles. The number of halogens is 1. The minimum absolute atomic E-state index is 0.187. The van der Waals surface area contributed by atoms with Gasteiger partial charge in [-0.2, -0.15) is 0 Å². The van der Waals surface area contributed by atoms with Crippen molar-refractivity contribution < 1.29 is 18.9 Å². The van der Waals surface area contributed by atoms with Gasteiger partial charge in [0.15, 0.2) is 17.8 Å². The van der Waals surface area contributed by atoms with Crippen LogP contribution < -0.4 is 15.2 Å². The summed E-state index contributed by atoms with van der Waals surface area (Å²) in [5.41, 5.74) is 9.68. The lowest BCUT2D eigenvalue weighted by Gasteiger charge is -2.39. The minimum Gasteiger partial charge on any atom is -0.485 e. The van der Waals surface area contributed by atoms with Gasteiger partial charge >= 0.3 is 0 Å². The van der Waals surface area contributed by atoms with E-state index >= 15 is 0 Å². The van der Waals surface area contributed by atoms with Crippen molar-refractivity contribution in [3.63, 3.8) is 0 Å². The first-order valence-electron chi connectivity index (χ1n) is 14.5. The third-order valence-electron chi connectivity index (χ3n) is 10.1. The lowest BCUT2D eigenvalue weighted by atomic mass is 9.70. The van der Waals surface area contributed by atoms with E-state index in [1.54, 1.807) is 0 Å². The van der Waals surface area contributed by atoms with Crippen molar-refractivity contribution in [3.8, 4) is 11.5 Å².